The van der Waals surface area contributed by atoms with Crippen LogP contribution in [0.25, 0.3) is 0 Å². The first kappa shape index (κ1) is 25.8. The highest BCUT2D eigenvalue weighted by atomic mass is 127. The van der Waals surface area contributed by atoms with Crippen molar-refractivity contribution in [1.29, 1.82) is 0 Å². The van der Waals surface area contributed by atoms with Gasteiger partial charge in [-0.25, -0.2) is 4.99 Å². The minimum absolute atomic E-state index is 0. The van der Waals surface area contributed by atoms with Gasteiger partial charge in [0.1, 0.15) is 0 Å². The second kappa shape index (κ2) is 15.6. The fourth-order valence-electron chi connectivity index (χ4n) is 3.41. The predicted molar refractivity (Wildman–Crippen MR) is 130 cm³/mol. The van der Waals surface area contributed by atoms with Gasteiger partial charge in [-0.2, -0.15) is 0 Å². The van der Waals surface area contributed by atoms with Gasteiger partial charge < -0.3 is 24.8 Å². The quantitative estimate of drug-likeness (QED) is 0.184. The van der Waals surface area contributed by atoms with Crippen LogP contribution in [0.15, 0.2) is 23.2 Å². The number of guanidine groups is 1. The second-order valence-electron chi connectivity index (χ2n) is 7.15. The third kappa shape index (κ3) is 9.42. The van der Waals surface area contributed by atoms with Gasteiger partial charge in [0.25, 0.3) is 0 Å². The van der Waals surface area contributed by atoms with Crippen molar-refractivity contribution >= 4 is 29.9 Å². The number of nitrogens with one attached hydrogen (secondary N) is 2. The molecule has 0 atom stereocenters. The van der Waals surface area contributed by atoms with Gasteiger partial charge in [0.2, 0.25) is 0 Å². The minimum atomic E-state index is 0. The number of para-hydroxylation sites is 1. The van der Waals surface area contributed by atoms with Gasteiger partial charge in [0.15, 0.2) is 17.5 Å². The smallest absolute Gasteiger partial charge is 0.191 e. The Morgan fingerprint density at radius 2 is 1.90 bits per heavy atom. The van der Waals surface area contributed by atoms with Gasteiger partial charge in [0.05, 0.1) is 19.8 Å². The average molecular weight is 519 g/mol. The molecule has 0 saturated heterocycles. The molecule has 1 aliphatic rings. The lowest BCUT2D eigenvalue weighted by Crippen LogP contribution is -2.37. The van der Waals surface area contributed by atoms with Crippen molar-refractivity contribution in [3.05, 3.63) is 23.8 Å². The van der Waals surface area contributed by atoms with Crippen LogP contribution in [-0.4, -0.2) is 46.0 Å². The van der Waals surface area contributed by atoms with Gasteiger partial charge in [-0.3, -0.25) is 0 Å². The first-order chi connectivity index (χ1) is 13.8. The van der Waals surface area contributed by atoms with Crippen molar-refractivity contribution in [1.82, 2.24) is 10.6 Å². The predicted octanol–water partition coefficient (Wildman–Crippen LogP) is 4.51. The van der Waals surface area contributed by atoms with E-state index < -0.39 is 0 Å². The van der Waals surface area contributed by atoms with Crippen molar-refractivity contribution in [2.75, 3.05) is 33.9 Å². The van der Waals surface area contributed by atoms with E-state index in [1.54, 1.807) is 14.2 Å². The van der Waals surface area contributed by atoms with Crippen LogP contribution in [0.4, 0.5) is 0 Å². The zero-order chi connectivity index (χ0) is 20.0. The molecule has 0 heterocycles. The Labute approximate surface area is 193 Å². The number of nitrogens with zero attached hydrogens (tertiary/aromatic N) is 1. The maximum absolute atomic E-state index is 6.31. The molecule has 2 rings (SSSR count). The van der Waals surface area contributed by atoms with E-state index in [1.165, 1.54) is 12.8 Å². The Balaban J connectivity index is 0.00000420. The van der Waals surface area contributed by atoms with Gasteiger partial charge in [-0.1, -0.05) is 12.1 Å². The third-order valence-corrected chi connectivity index (χ3v) is 4.94. The first-order valence-electron chi connectivity index (χ1n) is 10.6. The summed E-state index contributed by atoms with van der Waals surface area (Å²) in [5.74, 6) is 2.47. The van der Waals surface area contributed by atoms with Gasteiger partial charge >= 0.3 is 0 Å². The maximum Gasteiger partial charge on any atom is 0.191 e. The molecule has 1 saturated carbocycles. The van der Waals surface area contributed by atoms with E-state index in [2.05, 4.69) is 23.6 Å². The molecule has 0 unspecified atom stereocenters. The summed E-state index contributed by atoms with van der Waals surface area (Å²) in [5, 5.41) is 6.73. The molecule has 7 heteroatoms. The molecule has 1 aromatic carbocycles. The summed E-state index contributed by atoms with van der Waals surface area (Å²) in [6.45, 7) is 5.19. The molecule has 1 aliphatic carbocycles. The zero-order valence-electron chi connectivity index (χ0n) is 18.2. The van der Waals surface area contributed by atoms with E-state index in [1.807, 2.05) is 12.1 Å². The van der Waals surface area contributed by atoms with Gasteiger partial charge in [-0.15, -0.1) is 24.0 Å². The van der Waals surface area contributed by atoms with Crippen LogP contribution < -0.4 is 20.1 Å². The summed E-state index contributed by atoms with van der Waals surface area (Å²) >= 11 is 0. The Morgan fingerprint density at radius 3 is 2.59 bits per heavy atom. The number of hydrogen-bond acceptors (Lipinski definition) is 4. The number of halogens is 1. The van der Waals surface area contributed by atoms with Crippen LogP contribution >= 0.6 is 24.0 Å². The van der Waals surface area contributed by atoms with E-state index >= 15 is 0 Å². The van der Waals surface area contributed by atoms with Crippen LogP contribution in [0.3, 0.4) is 0 Å². The average Bonchev–Trinajstić information content (AvgIpc) is 3.22. The Hall–Kier alpha value is -1.22. The molecule has 6 nitrogen and oxygen atoms in total. The van der Waals surface area contributed by atoms with Crippen LogP contribution in [0, 0.1) is 0 Å². The second-order valence-corrected chi connectivity index (χ2v) is 7.15. The largest absolute Gasteiger partial charge is 0.493 e. The highest BCUT2D eigenvalue weighted by molar-refractivity contribution is 14.0. The van der Waals surface area contributed by atoms with Crippen molar-refractivity contribution in [2.24, 2.45) is 4.99 Å². The summed E-state index contributed by atoms with van der Waals surface area (Å²) in [7, 11) is 3.44. The molecule has 0 radical (unpaired) electrons. The number of rotatable bonds is 12. The van der Waals surface area contributed by atoms with Crippen molar-refractivity contribution < 1.29 is 14.2 Å². The number of hydrogen-bond donors (Lipinski definition) is 2. The van der Waals surface area contributed by atoms with E-state index in [0.29, 0.717) is 6.54 Å². The molecule has 29 heavy (non-hydrogen) atoms. The lowest BCUT2D eigenvalue weighted by Gasteiger charge is -2.19. The molecule has 1 fully saturated rings. The molecule has 0 spiro atoms. The molecule has 1 aromatic rings. The third-order valence-electron chi connectivity index (χ3n) is 4.94. The highest BCUT2D eigenvalue weighted by Crippen LogP contribution is 2.35. The standard InChI is InChI=1S/C22H37N3O3.HI/c1-4-23-22(24-15-8-5-9-16-26-2)25-17-18-11-10-14-20(27-3)21(18)28-19-12-6-7-13-19;/h10-11,14,19H,4-9,12-13,15-17H2,1-3H3,(H2,23,24,25);1H. The lowest BCUT2D eigenvalue weighted by atomic mass is 10.1. The normalized spacial score (nSPS) is 14.4. The molecule has 2 N–H and O–H groups in total. The van der Waals surface area contributed by atoms with E-state index in [9.17, 15) is 0 Å². The number of methoxy groups -OCH3 is 2. The summed E-state index contributed by atoms with van der Waals surface area (Å²) in [6, 6.07) is 6.03. The van der Waals surface area contributed by atoms with Crippen molar-refractivity contribution in [3.63, 3.8) is 0 Å². The molecular formula is C22H38IN3O3. The molecular weight excluding hydrogens is 481 g/mol. The Morgan fingerprint density at radius 1 is 1.10 bits per heavy atom. The monoisotopic (exact) mass is 519 g/mol. The van der Waals surface area contributed by atoms with Crippen molar-refractivity contribution in [3.8, 4) is 11.5 Å². The van der Waals surface area contributed by atoms with Gasteiger partial charge in [0, 0.05) is 32.4 Å². The number of aliphatic imine (C=N–C) groups is 1. The number of benzene rings is 1. The Kier molecular flexibility index (Phi) is 13.9. The number of unbranched alkanes of at least 4 members (excludes halogenated alkanes) is 2. The maximum atomic E-state index is 6.31. The van der Waals surface area contributed by atoms with Crippen LogP contribution in [-0.2, 0) is 11.3 Å². The highest BCUT2D eigenvalue weighted by Gasteiger charge is 2.20. The van der Waals surface area contributed by atoms with Crippen LogP contribution in [0.5, 0.6) is 11.5 Å². The topological polar surface area (TPSA) is 64.1 Å². The molecule has 166 valence electrons. The summed E-state index contributed by atoms with van der Waals surface area (Å²) in [4.78, 5) is 4.76. The van der Waals surface area contributed by atoms with Crippen LogP contribution in [0.2, 0.25) is 0 Å². The SMILES string of the molecule is CCNC(=NCc1cccc(OC)c1OC1CCCC1)NCCCCCOC.I. The lowest BCUT2D eigenvalue weighted by molar-refractivity contribution is 0.192. The van der Waals surface area contributed by atoms with E-state index in [-0.39, 0.29) is 30.1 Å². The van der Waals surface area contributed by atoms with Gasteiger partial charge in [-0.05, 0) is 57.9 Å². The van der Waals surface area contributed by atoms with Crippen LogP contribution in [0.1, 0.15) is 57.4 Å². The summed E-state index contributed by atoms with van der Waals surface area (Å²) in [6.07, 6.45) is 8.36. The molecule has 0 aliphatic heterocycles. The molecule has 0 bridgehead atoms. The Bertz CT molecular complexity index is 593. The van der Waals surface area contributed by atoms with E-state index in [4.69, 9.17) is 19.2 Å². The summed E-state index contributed by atoms with van der Waals surface area (Å²) < 4.78 is 17.0. The first-order valence-corrected chi connectivity index (χ1v) is 10.6. The number of ether oxygens (including phenoxy) is 3. The zero-order valence-corrected chi connectivity index (χ0v) is 20.5. The minimum Gasteiger partial charge on any atom is -0.493 e. The molecule has 0 amide bonds. The fourth-order valence-corrected chi connectivity index (χ4v) is 3.41. The van der Waals surface area contributed by atoms with Crippen molar-refractivity contribution in [2.45, 2.75) is 64.5 Å². The van der Waals surface area contributed by atoms with E-state index in [0.717, 1.165) is 74.8 Å². The summed E-state index contributed by atoms with van der Waals surface area (Å²) in [5.41, 5.74) is 1.06. The fraction of sp³-hybridized carbons (Fsp3) is 0.682. The molecule has 0 aromatic heterocycles.